The van der Waals surface area contributed by atoms with E-state index in [2.05, 4.69) is 0 Å². The molecule has 1 N–H and O–H groups in total. The zero-order valence-electron chi connectivity index (χ0n) is 9.58. The molecule has 1 rings (SSSR count). The average molecular weight is 246 g/mol. The summed E-state index contributed by atoms with van der Waals surface area (Å²) in [5.41, 5.74) is 0.859. The summed E-state index contributed by atoms with van der Waals surface area (Å²) in [6, 6.07) is 4.55. The van der Waals surface area contributed by atoms with Gasteiger partial charge in [0.15, 0.2) is 0 Å². The van der Waals surface area contributed by atoms with Gasteiger partial charge in [0.1, 0.15) is 5.82 Å². The van der Waals surface area contributed by atoms with E-state index < -0.39 is 11.9 Å². The van der Waals surface area contributed by atoms with Crippen molar-refractivity contribution in [1.82, 2.24) is 4.90 Å². The van der Waals surface area contributed by atoms with Crippen LogP contribution in [-0.2, 0) is 6.42 Å². The first-order chi connectivity index (χ1) is 7.49. The molecule has 4 heteroatoms. The van der Waals surface area contributed by atoms with Crippen LogP contribution in [0.2, 0.25) is 5.02 Å². The monoisotopic (exact) mass is 245 g/mol. The highest BCUT2D eigenvalue weighted by molar-refractivity contribution is 6.30. The van der Waals surface area contributed by atoms with Gasteiger partial charge < -0.3 is 10.0 Å². The number of hydrogen-bond acceptors (Lipinski definition) is 2. The van der Waals surface area contributed by atoms with Gasteiger partial charge in [0, 0.05) is 0 Å². The molecule has 0 aliphatic heterocycles. The number of rotatable bonds is 5. The van der Waals surface area contributed by atoms with E-state index in [1.54, 1.807) is 12.1 Å². The molecular formula is C12H17ClFNO. The van der Waals surface area contributed by atoms with Gasteiger partial charge in [-0.05, 0) is 51.2 Å². The molecule has 0 saturated heterocycles. The van der Waals surface area contributed by atoms with Crippen molar-refractivity contribution < 1.29 is 9.50 Å². The smallest absolute Gasteiger partial charge is 0.141 e. The SMILES string of the molecule is CN(C)CCC(O)Cc1ccc(F)c(Cl)c1. The van der Waals surface area contributed by atoms with Gasteiger partial charge in [-0.15, -0.1) is 0 Å². The predicted molar refractivity (Wildman–Crippen MR) is 64.3 cm³/mol. The fourth-order valence-electron chi connectivity index (χ4n) is 1.45. The van der Waals surface area contributed by atoms with Gasteiger partial charge in [-0.1, -0.05) is 17.7 Å². The van der Waals surface area contributed by atoms with E-state index in [0.717, 1.165) is 12.1 Å². The van der Waals surface area contributed by atoms with E-state index in [1.165, 1.54) is 6.07 Å². The molecule has 0 radical (unpaired) electrons. The van der Waals surface area contributed by atoms with E-state index in [0.29, 0.717) is 12.8 Å². The quantitative estimate of drug-likeness (QED) is 0.861. The van der Waals surface area contributed by atoms with Crippen LogP contribution in [0.1, 0.15) is 12.0 Å². The molecule has 2 nitrogen and oxygen atoms in total. The van der Waals surface area contributed by atoms with E-state index in [-0.39, 0.29) is 5.02 Å². The molecule has 16 heavy (non-hydrogen) atoms. The Morgan fingerprint density at radius 3 is 2.69 bits per heavy atom. The van der Waals surface area contributed by atoms with Crippen LogP contribution < -0.4 is 0 Å². The first-order valence-electron chi connectivity index (χ1n) is 5.25. The molecule has 0 amide bonds. The van der Waals surface area contributed by atoms with Crippen LogP contribution in [0.3, 0.4) is 0 Å². The lowest BCUT2D eigenvalue weighted by atomic mass is 10.1. The molecule has 0 saturated carbocycles. The summed E-state index contributed by atoms with van der Waals surface area (Å²) in [4.78, 5) is 2.01. The fourth-order valence-corrected chi connectivity index (χ4v) is 1.65. The van der Waals surface area contributed by atoms with Crippen LogP contribution in [0.15, 0.2) is 18.2 Å². The Hall–Kier alpha value is -0.640. The predicted octanol–water partition coefficient (Wildman–Crippen LogP) is 2.33. The van der Waals surface area contributed by atoms with Crippen molar-refractivity contribution in [3.63, 3.8) is 0 Å². The van der Waals surface area contributed by atoms with E-state index in [9.17, 15) is 9.50 Å². The Kier molecular flexibility index (Phi) is 5.19. The summed E-state index contributed by atoms with van der Waals surface area (Å²) in [6.07, 6.45) is 0.791. The van der Waals surface area contributed by atoms with Crippen molar-refractivity contribution in [3.05, 3.63) is 34.6 Å². The van der Waals surface area contributed by atoms with E-state index >= 15 is 0 Å². The fraction of sp³-hybridized carbons (Fsp3) is 0.500. The molecule has 0 spiro atoms. The number of nitrogens with zero attached hydrogens (tertiary/aromatic N) is 1. The lowest BCUT2D eigenvalue weighted by molar-refractivity contribution is 0.152. The van der Waals surface area contributed by atoms with Gasteiger partial charge in [-0.25, -0.2) is 4.39 Å². The minimum atomic E-state index is -0.423. The minimum Gasteiger partial charge on any atom is -0.393 e. The highest BCUT2D eigenvalue weighted by Crippen LogP contribution is 2.17. The number of aliphatic hydroxyl groups excluding tert-OH is 1. The summed E-state index contributed by atoms with van der Waals surface area (Å²) in [5.74, 6) is -0.423. The molecule has 90 valence electrons. The Balaban J connectivity index is 2.49. The largest absolute Gasteiger partial charge is 0.393 e. The first-order valence-corrected chi connectivity index (χ1v) is 5.63. The Morgan fingerprint density at radius 1 is 1.44 bits per heavy atom. The Labute approximate surface area is 101 Å². The second-order valence-corrected chi connectivity index (χ2v) is 4.61. The van der Waals surface area contributed by atoms with E-state index in [1.807, 2.05) is 19.0 Å². The summed E-state index contributed by atoms with van der Waals surface area (Å²) < 4.78 is 12.9. The zero-order chi connectivity index (χ0) is 12.1. The number of benzene rings is 1. The van der Waals surface area contributed by atoms with Gasteiger partial charge in [-0.2, -0.15) is 0 Å². The van der Waals surface area contributed by atoms with Crippen molar-refractivity contribution in [2.24, 2.45) is 0 Å². The minimum absolute atomic E-state index is 0.109. The van der Waals surface area contributed by atoms with Crippen molar-refractivity contribution in [1.29, 1.82) is 0 Å². The number of halogens is 2. The number of aliphatic hydroxyl groups is 1. The summed E-state index contributed by atoms with van der Waals surface area (Å²) in [6.45, 7) is 0.829. The van der Waals surface area contributed by atoms with Crippen molar-refractivity contribution in [2.75, 3.05) is 20.6 Å². The third-order valence-electron chi connectivity index (χ3n) is 2.36. The molecule has 0 aliphatic carbocycles. The summed E-state index contributed by atoms with van der Waals surface area (Å²) in [5, 5.41) is 9.86. The molecule has 1 aromatic carbocycles. The molecule has 0 aliphatic rings. The second kappa shape index (κ2) is 6.18. The van der Waals surface area contributed by atoms with Gasteiger partial charge in [0.05, 0.1) is 11.1 Å². The Morgan fingerprint density at radius 2 is 2.12 bits per heavy atom. The topological polar surface area (TPSA) is 23.5 Å². The molecular weight excluding hydrogens is 229 g/mol. The van der Waals surface area contributed by atoms with Crippen LogP contribution in [-0.4, -0.2) is 36.8 Å². The summed E-state index contributed by atoms with van der Waals surface area (Å²) in [7, 11) is 3.92. The van der Waals surface area contributed by atoms with Gasteiger partial charge >= 0.3 is 0 Å². The van der Waals surface area contributed by atoms with Crippen LogP contribution in [0, 0.1) is 5.82 Å². The van der Waals surface area contributed by atoms with Crippen LogP contribution in [0.25, 0.3) is 0 Å². The maximum Gasteiger partial charge on any atom is 0.141 e. The molecule has 0 heterocycles. The number of hydrogen-bond donors (Lipinski definition) is 1. The molecule has 0 fully saturated rings. The van der Waals surface area contributed by atoms with Crippen molar-refractivity contribution in [2.45, 2.75) is 18.9 Å². The third-order valence-corrected chi connectivity index (χ3v) is 2.65. The normalized spacial score (nSPS) is 13.1. The van der Waals surface area contributed by atoms with Gasteiger partial charge in [0.25, 0.3) is 0 Å². The van der Waals surface area contributed by atoms with E-state index in [4.69, 9.17) is 11.6 Å². The van der Waals surface area contributed by atoms with Gasteiger partial charge in [-0.3, -0.25) is 0 Å². The highest BCUT2D eigenvalue weighted by atomic mass is 35.5. The molecule has 0 aromatic heterocycles. The maximum atomic E-state index is 12.9. The first kappa shape index (κ1) is 13.4. The lowest BCUT2D eigenvalue weighted by Crippen LogP contribution is -2.20. The van der Waals surface area contributed by atoms with Crippen molar-refractivity contribution >= 4 is 11.6 Å². The standard InChI is InChI=1S/C12H17ClFNO/c1-15(2)6-5-10(16)7-9-3-4-12(14)11(13)8-9/h3-4,8,10,16H,5-7H2,1-2H3. The molecule has 1 unspecified atom stereocenters. The zero-order valence-corrected chi connectivity index (χ0v) is 10.3. The molecule has 0 bridgehead atoms. The third kappa shape index (κ3) is 4.47. The lowest BCUT2D eigenvalue weighted by Gasteiger charge is -2.14. The highest BCUT2D eigenvalue weighted by Gasteiger charge is 2.08. The van der Waals surface area contributed by atoms with Crippen LogP contribution in [0.4, 0.5) is 4.39 Å². The maximum absolute atomic E-state index is 12.9. The average Bonchev–Trinajstić information content (AvgIpc) is 2.21. The Bertz CT molecular complexity index is 344. The molecule has 1 atom stereocenters. The van der Waals surface area contributed by atoms with Crippen LogP contribution >= 0.6 is 11.6 Å². The van der Waals surface area contributed by atoms with Crippen molar-refractivity contribution in [3.8, 4) is 0 Å². The summed E-state index contributed by atoms with van der Waals surface area (Å²) >= 11 is 5.66. The van der Waals surface area contributed by atoms with Crippen LogP contribution in [0.5, 0.6) is 0 Å². The van der Waals surface area contributed by atoms with Gasteiger partial charge in [0.2, 0.25) is 0 Å². The second-order valence-electron chi connectivity index (χ2n) is 4.20. The molecule has 1 aromatic rings.